The molecule has 0 saturated carbocycles. The smallest absolute Gasteiger partial charge is 0.339 e. The lowest BCUT2D eigenvalue weighted by Gasteiger charge is -2.18. The van der Waals surface area contributed by atoms with Crippen molar-refractivity contribution in [2.75, 3.05) is 13.2 Å². The zero-order chi connectivity index (χ0) is 19.2. The molecule has 2 N–H and O–H groups in total. The Hall–Kier alpha value is -3.02. The molecule has 0 radical (unpaired) electrons. The Balaban J connectivity index is 1.76. The molecule has 0 aliphatic rings. The summed E-state index contributed by atoms with van der Waals surface area (Å²) in [7, 11) is 0. The van der Waals surface area contributed by atoms with Crippen molar-refractivity contribution in [1.82, 2.24) is 0 Å². The van der Waals surface area contributed by atoms with Gasteiger partial charge in [0, 0.05) is 6.07 Å². The highest BCUT2D eigenvalue weighted by atomic mass is 16.6. The zero-order valence-electron chi connectivity index (χ0n) is 15.1. The summed E-state index contributed by atoms with van der Waals surface area (Å²) >= 11 is 0. The predicted octanol–water partition coefficient (Wildman–Crippen LogP) is 3.82. The minimum atomic E-state index is -1.19. The van der Waals surface area contributed by atoms with E-state index < -0.39 is 5.97 Å². The van der Waals surface area contributed by atoms with Gasteiger partial charge in [-0.15, -0.1) is 0 Å². The summed E-state index contributed by atoms with van der Waals surface area (Å²) in [6, 6.07) is 12.1. The van der Waals surface area contributed by atoms with Gasteiger partial charge in [0.2, 0.25) is 0 Å². The molecule has 0 aliphatic carbocycles. The van der Waals surface area contributed by atoms with E-state index in [1.54, 1.807) is 6.21 Å². The lowest BCUT2D eigenvalue weighted by atomic mass is 9.87. The average Bonchev–Trinajstić information content (AvgIpc) is 2.57. The van der Waals surface area contributed by atoms with Crippen molar-refractivity contribution >= 4 is 12.2 Å². The van der Waals surface area contributed by atoms with Crippen LogP contribution in [0.4, 0.5) is 0 Å². The highest BCUT2D eigenvalue weighted by Gasteiger charge is 2.12. The van der Waals surface area contributed by atoms with E-state index in [4.69, 9.17) is 14.7 Å². The van der Waals surface area contributed by atoms with Crippen LogP contribution in [-0.4, -0.2) is 35.6 Å². The maximum Gasteiger partial charge on any atom is 0.339 e. The third kappa shape index (κ3) is 5.51. The third-order valence-electron chi connectivity index (χ3n) is 3.70. The largest absolute Gasteiger partial charge is 0.507 e. The molecule has 0 heterocycles. The Morgan fingerprint density at radius 2 is 1.81 bits per heavy atom. The maximum absolute atomic E-state index is 10.8. The zero-order valence-corrected chi connectivity index (χ0v) is 15.1. The lowest BCUT2D eigenvalue weighted by Crippen LogP contribution is -2.10. The number of benzene rings is 2. The Kier molecular flexibility index (Phi) is 6.22. The van der Waals surface area contributed by atoms with Crippen molar-refractivity contribution in [3.05, 3.63) is 59.2 Å². The minimum Gasteiger partial charge on any atom is -0.507 e. The summed E-state index contributed by atoms with van der Waals surface area (Å²) in [6.45, 7) is 6.92. The first-order valence-corrected chi connectivity index (χ1v) is 8.22. The second-order valence-corrected chi connectivity index (χ2v) is 6.77. The van der Waals surface area contributed by atoms with Gasteiger partial charge in [-0.3, -0.25) is 0 Å². The molecule has 0 unspecified atom stereocenters. The number of rotatable bonds is 7. The molecule has 6 nitrogen and oxygen atoms in total. The molecule has 138 valence electrons. The highest BCUT2D eigenvalue weighted by Crippen LogP contribution is 2.23. The Morgan fingerprint density at radius 3 is 2.38 bits per heavy atom. The minimum absolute atomic E-state index is 0.112. The summed E-state index contributed by atoms with van der Waals surface area (Å²) in [5.74, 6) is -1.17. The quantitative estimate of drug-likeness (QED) is 0.447. The number of hydrogen-bond acceptors (Lipinski definition) is 5. The number of ether oxygens (including phenoxy) is 1. The van der Waals surface area contributed by atoms with Crippen molar-refractivity contribution in [2.45, 2.75) is 26.2 Å². The summed E-state index contributed by atoms with van der Waals surface area (Å²) in [5.41, 5.74) is 2.13. The molecule has 0 saturated heterocycles. The van der Waals surface area contributed by atoms with E-state index in [1.165, 1.54) is 23.8 Å². The van der Waals surface area contributed by atoms with Gasteiger partial charge in [0.25, 0.3) is 0 Å². The van der Waals surface area contributed by atoms with E-state index in [9.17, 15) is 9.90 Å². The van der Waals surface area contributed by atoms with Crippen LogP contribution in [0, 0.1) is 0 Å². The van der Waals surface area contributed by atoms with Gasteiger partial charge in [-0.2, -0.15) is 0 Å². The average molecular weight is 357 g/mol. The summed E-state index contributed by atoms with van der Waals surface area (Å²) in [6.07, 6.45) is 1.62. The van der Waals surface area contributed by atoms with Crippen LogP contribution in [-0.2, 0) is 10.3 Å². The standard InChI is InChI=1S/C20H23NO5/c1-20(2,3)15-6-4-14(5-7-15)13-21-26-11-10-25-16-8-9-17(19(23)24)18(22)12-16/h4-9,12-13,22H,10-11H2,1-3H3,(H,23,24). The number of nitrogens with zero attached hydrogens (tertiary/aromatic N) is 1. The molecular weight excluding hydrogens is 334 g/mol. The van der Waals surface area contributed by atoms with Crippen LogP contribution in [0.2, 0.25) is 0 Å². The van der Waals surface area contributed by atoms with Crippen LogP contribution < -0.4 is 4.74 Å². The Bertz CT molecular complexity index is 776. The van der Waals surface area contributed by atoms with E-state index in [1.807, 2.05) is 12.1 Å². The fourth-order valence-corrected chi connectivity index (χ4v) is 2.20. The summed E-state index contributed by atoms with van der Waals surface area (Å²) < 4.78 is 5.38. The Morgan fingerprint density at radius 1 is 1.12 bits per heavy atom. The molecule has 0 aliphatic heterocycles. The van der Waals surface area contributed by atoms with E-state index >= 15 is 0 Å². The van der Waals surface area contributed by atoms with Crippen molar-refractivity contribution in [3.8, 4) is 11.5 Å². The van der Waals surface area contributed by atoms with Crippen molar-refractivity contribution in [1.29, 1.82) is 0 Å². The van der Waals surface area contributed by atoms with Gasteiger partial charge in [0.15, 0.2) is 6.61 Å². The molecule has 6 heteroatoms. The highest BCUT2D eigenvalue weighted by molar-refractivity contribution is 5.90. The molecule has 2 aromatic rings. The molecule has 2 rings (SSSR count). The number of carbonyl (C=O) groups is 1. The first kappa shape index (κ1) is 19.3. The van der Waals surface area contributed by atoms with Crippen LogP contribution in [0.15, 0.2) is 47.6 Å². The van der Waals surface area contributed by atoms with E-state index in [0.29, 0.717) is 5.75 Å². The van der Waals surface area contributed by atoms with Gasteiger partial charge in [-0.05, 0) is 28.7 Å². The van der Waals surface area contributed by atoms with Gasteiger partial charge in [0.05, 0.1) is 6.21 Å². The molecule has 0 amide bonds. The van der Waals surface area contributed by atoms with Crippen molar-refractivity contribution in [2.24, 2.45) is 5.16 Å². The fraction of sp³-hybridized carbons (Fsp3) is 0.300. The van der Waals surface area contributed by atoms with Gasteiger partial charge >= 0.3 is 5.97 Å². The van der Waals surface area contributed by atoms with Crippen molar-refractivity contribution in [3.63, 3.8) is 0 Å². The topological polar surface area (TPSA) is 88.4 Å². The molecule has 0 fully saturated rings. The number of carboxylic acid groups (broad SMARTS) is 1. The maximum atomic E-state index is 10.8. The normalized spacial score (nSPS) is 11.5. The SMILES string of the molecule is CC(C)(C)c1ccc(C=NOCCOc2ccc(C(=O)O)c(O)c2)cc1. The number of oxime groups is 1. The molecule has 0 aromatic heterocycles. The van der Waals surface area contributed by atoms with E-state index in [0.717, 1.165) is 5.56 Å². The van der Waals surface area contributed by atoms with Gasteiger partial charge in [0.1, 0.15) is 23.7 Å². The summed E-state index contributed by atoms with van der Waals surface area (Å²) in [4.78, 5) is 15.9. The van der Waals surface area contributed by atoms with E-state index in [2.05, 4.69) is 38.1 Å². The summed E-state index contributed by atoms with van der Waals surface area (Å²) in [5, 5.41) is 22.3. The Labute approximate surface area is 152 Å². The van der Waals surface area contributed by atoms with Gasteiger partial charge in [-0.1, -0.05) is 50.2 Å². The first-order chi connectivity index (χ1) is 12.3. The molecule has 0 spiro atoms. The van der Waals surface area contributed by atoms with Crippen LogP contribution in [0.3, 0.4) is 0 Å². The third-order valence-corrected chi connectivity index (χ3v) is 3.70. The van der Waals surface area contributed by atoms with E-state index in [-0.39, 0.29) is 29.9 Å². The fourth-order valence-electron chi connectivity index (χ4n) is 2.20. The number of carboxylic acids is 1. The van der Waals surface area contributed by atoms with Crippen molar-refractivity contribution < 1.29 is 24.6 Å². The number of hydrogen-bond donors (Lipinski definition) is 2. The predicted molar refractivity (Wildman–Crippen MR) is 99.2 cm³/mol. The number of phenols is 1. The molecule has 0 bridgehead atoms. The lowest BCUT2D eigenvalue weighted by molar-refractivity contribution is 0.0693. The molecular formula is C20H23NO5. The second-order valence-electron chi connectivity index (χ2n) is 6.77. The van der Waals surface area contributed by atoms with Gasteiger partial charge < -0.3 is 19.8 Å². The monoisotopic (exact) mass is 357 g/mol. The van der Waals surface area contributed by atoms with Gasteiger partial charge in [-0.25, -0.2) is 4.79 Å². The first-order valence-electron chi connectivity index (χ1n) is 8.22. The van der Waals surface area contributed by atoms with Crippen LogP contribution in [0.5, 0.6) is 11.5 Å². The van der Waals surface area contributed by atoms with Crippen LogP contribution in [0.25, 0.3) is 0 Å². The molecule has 2 aromatic carbocycles. The number of aromatic hydroxyl groups is 1. The molecule has 0 atom stereocenters. The number of aromatic carboxylic acids is 1. The second kappa shape index (κ2) is 8.38. The van der Waals surface area contributed by atoms with Crippen LogP contribution in [0.1, 0.15) is 42.3 Å². The van der Waals surface area contributed by atoms with Crippen LogP contribution >= 0.6 is 0 Å². The molecule has 26 heavy (non-hydrogen) atoms.